The summed E-state index contributed by atoms with van der Waals surface area (Å²) >= 11 is 0. The molecular formula is C20H23FN2O2. The van der Waals surface area contributed by atoms with Gasteiger partial charge >= 0.3 is 0 Å². The van der Waals surface area contributed by atoms with Crippen LogP contribution in [0.2, 0.25) is 0 Å². The van der Waals surface area contributed by atoms with Gasteiger partial charge in [-0.25, -0.2) is 4.39 Å². The number of nitrogens with zero attached hydrogens (tertiary/aromatic N) is 1. The fraction of sp³-hybridized carbons (Fsp3) is 0.400. The van der Waals surface area contributed by atoms with Gasteiger partial charge in [0.15, 0.2) is 11.5 Å². The summed E-state index contributed by atoms with van der Waals surface area (Å²) in [6.07, 6.45) is 2.29. The summed E-state index contributed by atoms with van der Waals surface area (Å²) in [5, 5.41) is 3.52. The molecule has 0 radical (unpaired) electrons. The number of fused-ring (bicyclic) bond motifs is 1. The molecule has 4 rings (SSSR count). The Balaban J connectivity index is 1.37. The molecular weight excluding hydrogens is 319 g/mol. The van der Waals surface area contributed by atoms with Crippen molar-refractivity contribution in [3.8, 4) is 11.5 Å². The van der Waals surface area contributed by atoms with E-state index in [1.165, 1.54) is 17.7 Å². The Morgan fingerprint density at radius 1 is 1.04 bits per heavy atom. The van der Waals surface area contributed by atoms with Crippen molar-refractivity contribution in [1.82, 2.24) is 4.90 Å². The first kappa shape index (κ1) is 16.2. The second-order valence-electron chi connectivity index (χ2n) is 6.70. The minimum atomic E-state index is -0.200. The number of hydrogen-bond donors (Lipinski definition) is 1. The van der Waals surface area contributed by atoms with E-state index in [4.69, 9.17) is 9.47 Å². The van der Waals surface area contributed by atoms with Crippen molar-refractivity contribution < 1.29 is 13.9 Å². The number of benzene rings is 2. The highest BCUT2D eigenvalue weighted by molar-refractivity contribution is 5.45. The quantitative estimate of drug-likeness (QED) is 0.919. The average molecular weight is 342 g/mol. The summed E-state index contributed by atoms with van der Waals surface area (Å²) in [6.45, 7) is 4.21. The predicted octanol–water partition coefficient (Wildman–Crippen LogP) is 3.67. The van der Waals surface area contributed by atoms with Crippen LogP contribution in [0.5, 0.6) is 11.5 Å². The molecule has 132 valence electrons. The van der Waals surface area contributed by atoms with Crippen LogP contribution in [0.15, 0.2) is 42.5 Å². The van der Waals surface area contributed by atoms with Crippen molar-refractivity contribution in [3.05, 3.63) is 53.8 Å². The Morgan fingerprint density at radius 3 is 2.68 bits per heavy atom. The Kier molecular flexibility index (Phi) is 4.74. The highest BCUT2D eigenvalue weighted by Gasteiger charge is 2.20. The first-order valence-electron chi connectivity index (χ1n) is 8.89. The van der Waals surface area contributed by atoms with Crippen LogP contribution in [0.3, 0.4) is 0 Å². The molecule has 0 aromatic heterocycles. The van der Waals surface area contributed by atoms with Gasteiger partial charge in [-0.05, 0) is 61.3 Å². The second-order valence-corrected chi connectivity index (χ2v) is 6.70. The average Bonchev–Trinajstić information content (AvgIpc) is 2.64. The highest BCUT2D eigenvalue weighted by atomic mass is 19.1. The number of ether oxygens (including phenoxy) is 2. The van der Waals surface area contributed by atoms with E-state index < -0.39 is 0 Å². The maximum absolute atomic E-state index is 13.0. The number of anilines is 1. The zero-order valence-corrected chi connectivity index (χ0v) is 14.2. The van der Waals surface area contributed by atoms with E-state index in [-0.39, 0.29) is 5.82 Å². The summed E-state index contributed by atoms with van der Waals surface area (Å²) < 4.78 is 24.3. The molecule has 4 nitrogen and oxygen atoms in total. The van der Waals surface area contributed by atoms with Crippen molar-refractivity contribution in [1.29, 1.82) is 0 Å². The van der Waals surface area contributed by atoms with E-state index in [1.54, 1.807) is 12.1 Å². The topological polar surface area (TPSA) is 33.7 Å². The predicted molar refractivity (Wildman–Crippen MR) is 95.8 cm³/mol. The number of hydrogen-bond acceptors (Lipinski definition) is 4. The summed E-state index contributed by atoms with van der Waals surface area (Å²) in [5.74, 6) is 1.49. The van der Waals surface area contributed by atoms with Gasteiger partial charge in [0.05, 0.1) is 0 Å². The van der Waals surface area contributed by atoms with E-state index in [0.29, 0.717) is 19.3 Å². The molecule has 0 saturated carbocycles. The molecule has 1 saturated heterocycles. The summed E-state index contributed by atoms with van der Waals surface area (Å²) in [6, 6.07) is 13.2. The van der Waals surface area contributed by atoms with Crippen LogP contribution in [0.1, 0.15) is 18.4 Å². The van der Waals surface area contributed by atoms with Crippen molar-refractivity contribution >= 4 is 5.69 Å². The number of halogens is 1. The standard InChI is InChI=1S/C20H23FN2O2/c21-16-4-6-17(7-5-16)22-18-2-1-9-23(14-18)13-15-3-8-19-20(12-15)25-11-10-24-19/h3-8,12,18,22H,1-2,9-11,13-14H2/t18-/m1/s1. The zero-order valence-electron chi connectivity index (χ0n) is 14.2. The van der Waals surface area contributed by atoms with Crippen LogP contribution in [0.4, 0.5) is 10.1 Å². The monoisotopic (exact) mass is 342 g/mol. The molecule has 0 amide bonds. The minimum Gasteiger partial charge on any atom is -0.486 e. The van der Waals surface area contributed by atoms with Crippen LogP contribution in [0, 0.1) is 5.82 Å². The van der Waals surface area contributed by atoms with Crippen molar-refractivity contribution in [3.63, 3.8) is 0 Å². The maximum atomic E-state index is 13.0. The number of piperidine rings is 1. The number of nitrogens with one attached hydrogen (secondary N) is 1. The molecule has 2 aliphatic rings. The molecule has 25 heavy (non-hydrogen) atoms. The van der Waals surface area contributed by atoms with Gasteiger partial charge in [0, 0.05) is 24.8 Å². The zero-order chi connectivity index (χ0) is 17.1. The van der Waals surface area contributed by atoms with Gasteiger partial charge in [-0.1, -0.05) is 6.07 Å². The van der Waals surface area contributed by atoms with Crippen molar-refractivity contribution in [2.75, 3.05) is 31.6 Å². The normalized spacial score (nSPS) is 20.3. The molecule has 1 N–H and O–H groups in total. The van der Waals surface area contributed by atoms with Gasteiger partial charge in [-0.15, -0.1) is 0 Å². The smallest absolute Gasteiger partial charge is 0.161 e. The molecule has 0 bridgehead atoms. The van der Waals surface area contributed by atoms with E-state index in [0.717, 1.165) is 49.7 Å². The van der Waals surface area contributed by atoms with Gasteiger partial charge in [0.2, 0.25) is 0 Å². The molecule has 0 aliphatic carbocycles. The summed E-state index contributed by atoms with van der Waals surface area (Å²) in [4.78, 5) is 2.45. The maximum Gasteiger partial charge on any atom is 0.161 e. The number of likely N-dealkylation sites (tertiary alicyclic amines) is 1. The molecule has 1 atom stereocenters. The molecule has 2 heterocycles. The molecule has 0 unspecified atom stereocenters. The fourth-order valence-corrected chi connectivity index (χ4v) is 3.54. The van der Waals surface area contributed by atoms with Crippen molar-refractivity contribution in [2.24, 2.45) is 0 Å². The molecule has 5 heteroatoms. The van der Waals surface area contributed by atoms with Crippen LogP contribution in [-0.2, 0) is 6.54 Å². The van der Waals surface area contributed by atoms with E-state index >= 15 is 0 Å². The van der Waals surface area contributed by atoms with E-state index in [9.17, 15) is 4.39 Å². The molecule has 2 aliphatic heterocycles. The van der Waals surface area contributed by atoms with Gasteiger partial charge in [-0.3, -0.25) is 4.90 Å². The van der Waals surface area contributed by atoms with Gasteiger partial charge < -0.3 is 14.8 Å². The lowest BCUT2D eigenvalue weighted by Gasteiger charge is -2.34. The Bertz CT molecular complexity index is 720. The molecule has 1 fully saturated rings. The third-order valence-electron chi connectivity index (χ3n) is 4.73. The highest BCUT2D eigenvalue weighted by Crippen LogP contribution is 2.31. The Hall–Kier alpha value is -2.27. The largest absolute Gasteiger partial charge is 0.486 e. The Labute approximate surface area is 147 Å². The van der Waals surface area contributed by atoms with Crippen LogP contribution in [0.25, 0.3) is 0 Å². The minimum absolute atomic E-state index is 0.200. The van der Waals surface area contributed by atoms with Crippen LogP contribution in [-0.4, -0.2) is 37.2 Å². The van der Waals surface area contributed by atoms with E-state index in [2.05, 4.69) is 22.3 Å². The van der Waals surface area contributed by atoms with Crippen molar-refractivity contribution in [2.45, 2.75) is 25.4 Å². The van der Waals surface area contributed by atoms with Crippen LogP contribution < -0.4 is 14.8 Å². The third kappa shape index (κ3) is 4.04. The molecule has 2 aromatic carbocycles. The SMILES string of the molecule is Fc1ccc(N[C@@H]2CCCN(Cc3ccc4c(c3)OCCO4)C2)cc1. The van der Waals surface area contributed by atoms with Gasteiger partial charge in [0.1, 0.15) is 19.0 Å². The lowest BCUT2D eigenvalue weighted by molar-refractivity contribution is 0.170. The first-order chi connectivity index (χ1) is 12.3. The fourth-order valence-electron chi connectivity index (χ4n) is 3.54. The van der Waals surface area contributed by atoms with Gasteiger partial charge in [0.25, 0.3) is 0 Å². The lowest BCUT2D eigenvalue weighted by atomic mass is 10.0. The van der Waals surface area contributed by atoms with Crippen LogP contribution >= 0.6 is 0 Å². The second kappa shape index (κ2) is 7.31. The number of rotatable bonds is 4. The Morgan fingerprint density at radius 2 is 1.84 bits per heavy atom. The lowest BCUT2D eigenvalue weighted by Crippen LogP contribution is -2.41. The molecule has 2 aromatic rings. The van der Waals surface area contributed by atoms with E-state index in [1.807, 2.05) is 6.07 Å². The summed E-state index contributed by atoms with van der Waals surface area (Å²) in [7, 11) is 0. The first-order valence-corrected chi connectivity index (χ1v) is 8.89. The van der Waals surface area contributed by atoms with Gasteiger partial charge in [-0.2, -0.15) is 0 Å². The third-order valence-corrected chi connectivity index (χ3v) is 4.73. The molecule has 0 spiro atoms. The summed E-state index contributed by atoms with van der Waals surface area (Å²) in [5.41, 5.74) is 2.22.